The predicted octanol–water partition coefficient (Wildman–Crippen LogP) is 9.36. The first kappa shape index (κ1) is 37.7. The molecule has 0 saturated carbocycles. The third-order valence-electron chi connectivity index (χ3n) is 9.21. The van der Waals surface area contributed by atoms with Crippen molar-refractivity contribution in [3.8, 4) is 33.5 Å². The molecule has 48 heavy (non-hydrogen) atoms. The molecule has 0 atom stereocenters. The molecule has 1 aliphatic rings. The van der Waals surface area contributed by atoms with E-state index < -0.39 is 21.3 Å². The van der Waals surface area contributed by atoms with Crippen molar-refractivity contribution in [1.29, 1.82) is 0 Å². The molecule has 1 aliphatic heterocycles. The summed E-state index contributed by atoms with van der Waals surface area (Å²) in [7, 11) is -2.04. The van der Waals surface area contributed by atoms with E-state index in [0.29, 0.717) is 0 Å². The van der Waals surface area contributed by atoms with Gasteiger partial charge in [0, 0.05) is 26.2 Å². The minimum absolute atomic E-state index is 0. The van der Waals surface area contributed by atoms with Crippen LogP contribution in [0, 0.1) is 13.0 Å². The summed E-state index contributed by atoms with van der Waals surface area (Å²) in [6.45, 7) is 17.0. The first-order valence-corrected chi connectivity index (χ1v) is 26.8. The number of aromatic nitrogens is 1. The van der Waals surface area contributed by atoms with Crippen molar-refractivity contribution in [2.75, 3.05) is 0 Å². The summed E-state index contributed by atoms with van der Waals surface area (Å²) in [6.07, 6.45) is 3.17. The monoisotopic (exact) mass is 893 g/mol. The molecule has 0 amide bonds. The maximum atomic E-state index is 10.0. The summed E-state index contributed by atoms with van der Waals surface area (Å²) in [5.41, 5.74) is 10.4. The number of allylic oxidation sites excluding steroid dienone is 2. The van der Waals surface area contributed by atoms with Gasteiger partial charge in [0.2, 0.25) is 0 Å². The third-order valence-corrected chi connectivity index (χ3v) is 17.0. The van der Waals surface area contributed by atoms with Crippen molar-refractivity contribution < 1.29 is 30.0 Å². The van der Waals surface area contributed by atoms with Crippen LogP contribution in [-0.2, 0) is 30.3 Å². The first-order chi connectivity index (χ1) is 21.9. The van der Waals surface area contributed by atoms with Crippen LogP contribution in [-0.4, -0.2) is 37.2 Å². The number of fused-ring (bicyclic) bond motifs is 4. The van der Waals surface area contributed by atoms with Crippen molar-refractivity contribution >= 4 is 52.7 Å². The summed E-state index contributed by atoms with van der Waals surface area (Å²) >= 11 is -1.87. The molecule has 0 unspecified atom stereocenters. The number of aliphatic hydroxyl groups excluding tert-OH is 1. The fourth-order valence-electron chi connectivity index (χ4n) is 6.85. The molecule has 1 N–H and O–H groups in total. The van der Waals surface area contributed by atoms with Crippen LogP contribution < -0.4 is 14.8 Å². The Morgan fingerprint density at radius 1 is 0.896 bits per heavy atom. The summed E-state index contributed by atoms with van der Waals surface area (Å²) in [4.78, 5) is 15.1. The smallest absolute Gasteiger partial charge is 0.118 e. The average Bonchev–Trinajstić information content (AvgIpc) is 3.21. The number of carbonyl (C=O) groups excluding carboxylic acids is 1. The van der Waals surface area contributed by atoms with Crippen LogP contribution in [0.3, 0.4) is 0 Å². The first-order valence-electron chi connectivity index (χ1n) is 16.5. The van der Waals surface area contributed by atoms with Crippen molar-refractivity contribution in [2.45, 2.75) is 77.3 Å². The summed E-state index contributed by atoms with van der Waals surface area (Å²) in [5, 5.41) is 13.8. The molecule has 4 aromatic carbocycles. The van der Waals surface area contributed by atoms with Crippen molar-refractivity contribution in [1.82, 2.24) is 4.98 Å². The van der Waals surface area contributed by atoms with Gasteiger partial charge in [-0.1, -0.05) is 44.4 Å². The van der Waals surface area contributed by atoms with Crippen molar-refractivity contribution in [3.05, 3.63) is 108 Å². The molecule has 6 rings (SSSR count). The number of hydrogen-bond acceptors (Lipinski definition) is 3. The molecule has 1 radical (unpaired) electrons. The number of pyridine rings is 1. The van der Waals surface area contributed by atoms with Gasteiger partial charge in [0.1, 0.15) is 0 Å². The molecule has 1 aromatic heterocycles. The van der Waals surface area contributed by atoms with E-state index in [1.54, 1.807) is 4.40 Å². The Morgan fingerprint density at radius 2 is 1.56 bits per heavy atom. The molecular formula is C42H48GeIrNO2Si-. The molecule has 0 saturated heterocycles. The van der Waals surface area contributed by atoms with E-state index in [1.165, 1.54) is 74.5 Å². The van der Waals surface area contributed by atoms with Crippen molar-refractivity contribution in [3.63, 3.8) is 0 Å². The SMILES string of the molecule is CC(=O)/C=C(/C)O.Cc1c[c]([Ge]([CH3])([CH3])[CH3])ccc1-c1ccc2c(c1)[Si](C)(C)c1c-2ccnc1-c1[c-]c2ccccc2c(C(C)(C)C)c1.[Ir]. The molecule has 0 fully saturated rings. The zero-order chi connectivity index (χ0) is 34.5. The van der Waals surface area contributed by atoms with Gasteiger partial charge in [0.15, 0.2) is 5.78 Å². The van der Waals surface area contributed by atoms with Gasteiger partial charge in [-0.05, 0) is 19.3 Å². The van der Waals surface area contributed by atoms with Crippen LogP contribution in [0.15, 0.2) is 90.8 Å². The zero-order valence-electron chi connectivity index (χ0n) is 30.2. The van der Waals surface area contributed by atoms with Gasteiger partial charge in [0.05, 0.1) is 5.76 Å². The number of aliphatic hydroxyl groups is 1. The van der Waals surface area contributed by atoms with Crippen molar-refractivity contribution in [2.24, 2.45) is 0 Å². The Labute approximate surface area is 304 Å². The topological polar surface area (TPSA) is 50.2 Å². The van der Waals surface area contributed by atoms with E-state index in [9.17, 15) is 4.79 Å². The third kappa shape index (κ3) is 7.55. The van der Waals surface area contributed by atoms with E-state index in [-0.39, 0.29) is 37.1 Å². The summed E-state index contributed by atoms with van der Waals surface area (Å²) in [5.74, 6) is 7.35. The predicted molar refractivity (Wildman–Crippen MR) is 207 cm³/mol. The average molecular weight is 892 g/mol. The number of carbonyl (C=O) groups is 1. The summed E-state index contributed by atoms with van der Waals surface area (Å²) in [6, 6.07) is 31.4. The van der Waals surface area contributed by atoms with E-state index in [0.717, 1.165) is 11.3 Å². The van der Waals surface area contributed by atoms with Gasteiger partial charge >= 0.3 is 178 Å². The van der Waals surface area contributed by atoms with Gasteiger partial charge in [0.25, 0.3) is 0 Å². The Balaban J connectivity index is 0.000000589. The van der Waals surface area contributed by atoms with Crippen LogP contribution in [0.4, 0.5) is 0 Å². The minimum atomic E-state index is -2.04. The Morgan fingerprint density at radius 3 is 2.15 bits per heavy atom. The van der Waals surface area contributed by atoms with E-state index in [2.05, 4.69) is 137 Å². The van der Waals surface area contributed by atoms with Crippen LogP contribution in [0.2, 0.25) is 30.4 Å². The van der Waals surface area contributed by atoms with Gasteiger partial charge in [-0.15, -0.1) is 17.0 Å². The zero-order valence-corrected chi connectivity index (χ0v) is 35.7. The number of nitrogens with zero attached hydrogens (tertiary/aromatic N) is 1. The van der Waals surface area contributed by atoms with E-state index in [4.69, 9.17) is 10.1 Å². The molecule has 6 heteroatoms. The quantitative estimate of drug-likeness (QED) is 0.0848. The van der Waals surface area contributed by atoms with Crippen LogP contribution in [0.1, 0.15) is 45.7 Å². The second-order valence-electron chi connectivity index (χ2n) is 15.5. The second kappa shape index (κ2) is 14.0. The molecule has 0 spiro atoms. The molecular weight excluding hydrogens is 843 g/mol. The van der Waals surface area contributed by atoms with E-state index >= 15 is 0 Å². The van der Waals surface area contributed by atoms with Crippen LogP contribution in [0.25, 0.3) is 44.3 Å². The molecule has 251 valence electrons. The van der Waals surface area contributed by atoms with Gasteiger partial charge in [-0.25, -0.2) is 0 Å². The normalized spacial score (nSPS) is 13.6. The molecule has 3 nitrogen and oxygen atoms in total. The molecule has 0 bridgehead atoms. The number of benzene rings is 4. The Kier molecular flexibility index (Phi) is 11.0. The summed E-state index contributed by atoms with van der Waals surface area (Å²) < 4.78 is 1.57. The minimum Gasteiger partial charge on any atom is -0.118 e. The molecule has 0 aliphatic carbocycles. The Hall–Kier alpha value is -3.09. The van der Waals surface area contributed by atoms with Crippen LogP contribution >= 0.6 is 0 Å². The number of aryl methyl sites for hydroxylation is 1. The van der Waals surface area contributed by atoms with E-state index in [1.807, 2.05) is 6.20 Å². The van der Waals surface area contributed by atoms with Gasteiger partial charge < -0.3 is 5.11 Å². The number of ketones is 1. The Bertz CT molecular complexity index is 2050. The fourth-order valence-corrected chi connectivity index (χ4v) is 12.8. The second-order valence-corrected chi connectivity index (χ2v) is 30.5. The molecule has 5 aromatic rings. The standard InChI is InChI=1S/C37H40GeNSi.C5H8O2.Ir/c1-24-20-28(38(5,6)7)15-17-29(24)26-14-16-31-32-18-19-39-35(36(32)40(8,9)34(31)23-26)27-21-25-12-10-11-13-30(25)33(22-27)37(2,3)4;1-4(6)3-5(2)7;/h10-20,22-23H,1-9H3;3,6H,1-2H3;/q-1;;/b;4-3-;. The maximum absolute atomic E-state index is 10.0. The van der Waals surface area contributed by atoms with Crippen LogP contribution in [0.5, 0.6) is 0 Å². The number of hydrogen-bond donors (Lipinski definition) is 1. The molecule has 2 heterocycles. The van der Waals surface area contributed by atoms with Gasteiger partial charge in [-0.2, -0.15) is 0 Å². The van der Waals surface area contributed by atoms with Gasteiger partial charge in [-0.3, -0.25) is 4.79 Å². The number of rotatable bonds is 4. The fraction of sp³-hybridized carbons (Fsp3) is 0.286.